The van der Waals surface area contributed by atoms with Gasteiger partial charge in [-0.25, -0.2) is 9.50 Å². The molecule has 1 fully saturated rings. The van der Waals surface area contributed by atoms with E-state index in [0.29, 0.717) is 12.1 Å². The molecule has 7 heteroatoms. The first-order chi connectivity index (χ1) is 14.2. The fraction of sp³-hybridized carbons (Fsp3) is 0.273. The van der Waals surface area contributed by atoms with Gasteiger partial charge in [0.25, 0.3) is 0 Å². The quantitative estimate of drug-likeness (QED) is 0.483. The molecule has 1 aliphatic carbocycles. The number of nitrogens with two attached hydrogens (primary N) is 1. The van der Waals surface area contributed by atoms with Crippen molar-refractivity contribution in [3.05, 3.63) is 67.3 Å². The van der Waals surface area contributed by atoms with Crippen LogP contribution >= 0.6 is 0 Å². The van der Waals surface area contributed by atoms with E-state index in [-0.39, 0.29) is 0 Å². The van der Waals surface area contributed by atoms with Crippen LogP contribution in [-0.4, -0.2) is 31.2 Å². The van der Waals surface area contributed by atoms with Crippen LogP contribution in [0.5, 0.6) is 0 Å². The molecule has 3 heterocycles. The van der Waals surface area contributed by atoms with Crippen LogP contribution in [0.1, 0.15) is 25.7 Å². The molecule has 3 aromatic heterocycles. The topological polar surface area (TPSA) is 85.2 Å². The number of imidazole rings is 1. The van der Waals surface area contributed by atoms with E-state index in [1.165, 1.54) is 0 Å². The molecular weight excluding hydrogens is 362 g/mol. The van der Waals surface area contributed by atoms with Gasteiger partial charge >= 0.3 is 0 Å². The van der Waals surface area contributed by atoms with Crippen LogP contribution in [0.3, 0.4) is 0 Å². The van der Waals surface area contributed by atoms with Gasteiger partial charge in [-0.1, -0.05) is 0 Å². The van der Waals surface area contributed by atoms with E-state index in [2.05, 4.69) is 49.5 Å². The molecule has 29 heavy (non-hydrogen) atoms. The van der Waals surface area contributed by atoms with Gasteiger partial charge in [-0.15, -0.1) is 5.10 Å². The van der Waals surface area contributed by atoms with E-state index in [1.807, 2.05) is 41.3 Å². The van der Waals surface area contributed by atoms with Crippen molar-refractivity contribution in [2.75, 3.05) is 10.6 Å². The van der Waals surface area contributed by atoms with Crippen LogP contribution in [-0.2, 0) is 0 Å². The number of nitrogens with zero attached hydrogens (tertiary/aromatic N) is 4. The van der Waals surface area contributed by atoms with Crippen molar-refractivity contribution in [1.29, 1.82) is 0 Å². The number of hydrogen-bond donors (Lipinski definition) is 3. The third-order valence-electron chi connectivity index (χ3n) is 5.53. The highest BCUT2D eigenvalue weighted by Gasteiger charge is 2.19. The van der Waals surface area contributed by atoms with E-state index in [4.69, 9.17) is 5.73 Å². The van der Waals surface area contributed by atoms with Gasteiger partial charge in [0, 0.05) is 54.3 Å². The summed E-state index contributed by atoms with van der Waals surface area (Å²) in [6.07, 6.45) is 12.0. The number of hydrogen-bond acceptors (Lipinski definition) is 5. The predicted molar refractivity (Wildman–Crippen MR) is 116 cm³/mol. The largest absolute Gasteiger partial charge is 0.366 e. The lowest BCUT2D eigenvalue weighted by atomic mass is 9.92. The molecule has 0 radical (unpaired) electrons. The van der Waals surface area contributed by atoms with Gasteiger partial charge in [0.15, 0.2) is 5.65 Å². The van der Waals surface area contributed by atoms with Crippen LogP contribution in [0.15, 0.2) is 67.3 Å². The lowest BCUT2D eigenvalue weighted by molar-refractivity contribution is 0.410. The Hall–Kier alpha value is -3.32. The van der Waals surface area contributed by atoms with Gasteiger partial charge < -0.3 is 20.9 Å². The Kier molecular flexibility index (Phi) is 4.65. The van der Waals surface area contributed by atoms with Gasteiger partial charge in [-0.2, -0.15) is 0 Å². The number of nitrogens with one attached hydrogen (secondary N) is 2. The van der Waals surface area contributed by atoms with Crippen molar-refractivity contribution in [1.82, 2.24) is 19.2 Å². The molecular formula is C22H25N7. The normalized spacial score (nSPS) is 19.3. The van der Waals surface area contributed by atoms with Crippen molar-refractivity contribution >= 4 is 22.8 Å². The zero-order valence-electron chi connectivity index (χ0n) is 16.2. The van der Waals surface area contributed by atoms with E-state index in [9.17, 15) is 0 Å². The average molecular weight is 387 g/mol. The Morgan fingerprint density at radius 2 is 1.72 bits per heavy atom. The van der Waals surface area contributed by atoms with Crippen LogP contribution in [0.4, 0.5) is 17.2 Å². The summed E-state index contributed by atoms with van der Waals surface area (Å²) >= 11 is 0. The minimum atomic E-state index is 0.337. The molecule has 7 nitrogen and oxygen atoms in total. The highest BCUT2D eigenvalue weighted by molar-refractivity contribution is 5.76. The number of rotatable bonds is 5. The standard InChI is InChI=1S/C22H25N7/c23-16-3-5-18(6-4-16)26-21-15-20(22-24-11-14-29(22)27-21)25-17-7-9-19(10-8-17)28-12-1-2-13-28/h1-2,7-16,18,25H,3-6,23H2,(H,26,27). The number of anilines is 3. The molecule has 1 saturated carbocycles. The average Bonchev–Trinajstić information content (AvgIpc) is 3.42. The molecule has 1 aromatic carbocycles. The second-order valence-corrected chi connectivity index (χ2v) is 7.66. The molecule has 0 atom stereocenters. The predicted octanol–water partition coefficient (Wildman–Crippen LogP) is 3.95. The molecule has 4 aromatic rings. The highest BCUT2D eigenvalue weighted by Crippen LogP contribution is 2.26. The van der Waals surface area contributed by atoms with E-state index >= 15 is 0 Å². The Balaban J connectivity index is 1.38. The van der Waals surface area contributed by atoms with Gasteiger partial charge in [0.1, 0.15) is 5.82 Å². The minimum absolute atomic E-state index is 0.337. The molecule has 0 bridgehead atoms. The lowest BCUT2D eigenvalue weighted by Gasteiger charge is -2.27. The minimum Gasteiger partial charge on any atom is -0.366 e. The molecule has 0 aliphatic heterocycles. The maximum Gasteiger partial charge on any atom is 0.177 e. The highest BCUT2D eigenvalue weighted by atomic mass is 15.3. The smallest absolute Gasteiger partial charge is 0.177 e. The molecule has 148 valence electrons. The number of benzene rings is 1. The van der Waals surface area contributed by atoms with Crippen LogP contribution in [0.2, 0.25) is 0 Å². The van der Waals surface area contributed by atoms with Crippen LogP contribution in [0, 0.1) is 0 Å². The molecule has 0 amide bonds. The van der Waals surface area contributed by atoms with Crippen LogP contribution in [0.25, 0.3) is 11.3 Å². The summed E-state index contributed by atoms with van der Waals surface area (Å²) in [6, 6.07) is 15.2. The Bertz CT molecular complexity index is 1070. The first kappa shape index (κ1) is 17.8. The van der Waals surface area contributed by atoms with E-state index in [1.54, 1.807) is 6.20 Å². The molecule has 0 spiro atoms. The lowest BCUT2D eigenvalue weighted by Crippen LogP contribution is -2.33. The summed E-state index contributed by atoms with van der Waals surface area (Å²) in [5.74, 6) is 0.849. The molecule has 4 N–H and O–H groups in total. The SMILES string of the molecule is NC1CCC(Nc2cc(Nc3ccc(-n4cccc4)cc3)c3nccn3n2)CC1. The summed E-state index contributed by atoms with van der Waals surface area (Å²) in [6.45, 7) is 0. The fourth-order valence-electron chi connectivity index (χ4n) is 3.93. The van der Waals surface area contributed by atoms with E-state index in [0.717, 1.165) is 54.2 Å². The summed E-state index contributed by atoms with van der Waals surface area (Å²) in [4.78, 5) is 4.46. The monoisotopic (exact) mass is 387 g/mol. The van der Waals surface area contributed by atoms with Gasteiger partial charge in [-0.3, -0.25) is 0 Å². The van der Waals surface area contributed by atoms with Crippen molar-refractivity contribution in [2.24, 2.45) is 5.73 Å². The maximum atomic E-state index is 6.04. The van der Waals surface area contributed by atoms with Crippen molar-refractivity contribution in [2.45, 2.75) is 37.8 Å². The third-order valence-corrected chi connectivity index (χ3v) is 5.53. The fourth-order valence-corrected chi connectivity index (χ4v) is 3.93. The third kappa shape index (κ3) is 3.82. The van der Waals surface area contributed by atoms with Crippen molar-refractivity contribution in [3.63, 3.8) is 0 Å². The van der Waals surface area contributed by atoms with Gasteiger partial charge in [0.05, 0.1) is 5.69 Å². The summed E-state index contributed by atoms with van der Waals surface area (Å²) in [5, 5.41) is 11.7. The maximum absolute atomic E-state index is 6.04. The second kappa shape index (κ2) is 7.60. The Labute approximate surface area is 169 Å². The summed E-state index contributed by atoms with van der Waals surface area (Å²) < 4.78 is 3.90. The zero-order chi connectivity index (χ0) is 19.6. The Morgan fingerprint density at radius 3 is 2.48 bits per heavy atom. The second-order valence-electron chi connectivity index (χ2n) is 7.66. The molecule has 0 unspecified atom stereocenters. The molecule has 5 rings (SSSR count). The van der Waals surface area contributed by atoms with E-state index < -0.39 is 0 Å². The van der Waals surface area contributed by atoms with Crippen LogP contribution < -0.4 is 16.4 Å². The zero-order valence-corrected chi connectivity index (χ0v) is 16.2. The van der Waals surface area contributed by atoms with Gasteiger partial charge in [0.2, 0.25) is 0 Å². The summed E-state index contributed by atoms with van der Waals surface area (Å²) in [7, 11) is 0. The molecule has 1 aliphatic rings. The first-order valence-corrected chi connectivity index (χ1v) is 10.1. The first-order valence-electron chi connectivity index (χ1n) is 10.1. The number of fused-ring (bicyclic) bond motifs is 1. The van der Waals surface area contributed by atoms with Gasteiger partial charge in [-0.05, 0) is 62.1 Å². The van der Waals surface area contributed by atoms with Crippen molar-refractivity contribution < 1.29 is 0 Å². The summed E-state index contributed by atoms with van der Waals surface area (Å²) in [5.41, 5.74) is 9.89. The molecule has 0 saturated heterocycles. The number of aromatic nitrogens is 4. The van der Waals surface area contributed by atoms with Crippen molar-refractivity contribution in [3.8, 4) is 5.69 Å². The Morgan fingerprint density at radius 1 is 0.966 bits per heavy atom.